The van der Waals surface area contributed by atoms with E-state index >= 15 is 0 Å². The van der Waals surface area contributed by atoms with Gasteiger partial charge in [0.2, 0.25) is 0 Å². The molecule has 0 saturated heterocycles. The molecule has 2 N–H and O–H groups in total. The Morgan fingerprint density at radius 2 is 1.83 bits per heavy atom. The van der Waals surface area contributed by atoms with Gasteiger partial charge in [0.25, 0.3) is 0 Å². The first kappa shape index (κ1) is 25.3. The van der Waals surface area contributed by atoms with Crippen LogP contribution in [0.15, 0.2) is 23.3 Å². The third-order valence-corrected chi connectivity index (χ3v) is 4.51. The number of phenolic OH excluding ortho intramolecular Hbond substituents is 1. The van der Waals surface area contributed by atoms with Gasteiger partial charge in [-0.2, -0.15) is 35.8 Å². The molecule has 2 rings (SSSR count). The number of nitrogens with zero attached hydrogens (tertiary/aromatic N) is 2. The number of benzene rings is 1. The number of hydrogen-bond acceptors (Lipinski definition) is 3. The maximum atomic E-state index is 13.4. The molecule has 1 atom stereocenters. The number of aromatic hydroxyl groups is 1. The summed E-state index contributed by atoms with van der Waals surface area (Å²) in [6.45, 7) is 1.65. The maximum Gasteiger partial charge on any atom is 0.459 e. The largest absolute Gasteiger partial charge is 0.506 e. The van der Waals surface area contributed by atoms with Crippen LogP contribution in [0.4, 0.5) is 30.7 Å². The van der Waals surface area contributed by atoms with Crippen molar-refractivity contribution in [3.63, 3.8) is 0 Å². The van der Waals surface area contributed by atoms with Gasteiger partial charge < -0.3 is 5.11 Å². The van der Waals surface area contributed by atoms with Crippen LogP contribution in [0.5, 0.6) is 5.75 Å². The molecule has 1 aliphatic heterocycles. The predicted molar refractivity (Wildman–Crippen MR) is 95.7 cm³/mol. The monoisotopic (exact) mass is 469 g/mol. The van der Waals surface area contributed by atoms with Gasteiger partial charge in [0.1, 0.15) is 11.6 Å². The second-order valence-electron chi connectivity index (χ2n) is 6.33. The van der Waals surface area contributed by atoms with Crippen molar-refractivity contribution in [2.24, 2.45) is 11.0 Å². The van der Waals surface area contributed by atoms with E-state index in [-0.39, 0.29) is 46.9 Å². The van der Waals surface area contributed by atoms with Crippen LogP contribution >= 0.6 is 24.0 Å². The molecule has 1 aromatic rings. The first-order valence-electron chi connectivity index (χ1n) is 7.92. The molecule has 1 aromatic carbocycles. The number of rotatable bonds is 5. The van der Waals surface area contributed by atoms with Crippen molar-refractivity contribution in [3.05, 3.63) is 28.8 Å². The van der Waals surface area contributed by atoms with E-state index in [0.29, 0.717) is 0 Å². The van der Waals surface area contributed by atoms with E-state index < -0.39 is 36.7 Å². The molecule has 0 aliphatic carbocycles. The summed E-state index contributed by atoms with van der Waals surface area (Å²) in [5.41, 5.74) is 0.515. The topological polar surface area (TPSA) is 59.7 Å². The zero-order chi connectivity index (χ0) is 21.5. The van der Waals surface area contributed by atoms with E-state index in [1.807, 2.05) is 0 Å². The van der Waals surface area contributed by atoms with Crippen LogP contribution in [0.3, 0.4) is 0 Å². The van der Waals surface area contributed by atoms with Crippen molar-refractivity contribution >= 4 is 35.6 Å². The Bertz CT molecular complexity index is 799. The van der Waals surface area contributed by atoms with Crippen molar-refractivity contribution in [2.75, 3.05) is 6.54 Å². The number of alkyl halides is 7. The standard InChI is InChI=1S/C16H15ClF7N3O.ClH/c1-8-7-27(26-12(8)9-3-2-4-10(17)13(9)28)11(25)5-6-14(18,19)15(20,21)16(22,23)24;/h2-4,8,25,28H,5-7H2,1H3;1H. The van der Waals surface area contributed by atoms with Gasteiger partial charge >= 0.3 is 18.0 Å². The lowest BCUT2D eigenvalue weighted by atomic mass is 9.98. The normalized spacial score (nSPS) is 17.8. The van der Waals surface area contributed by atoms with Crippen molar-refractivity contribution in [1.29, 1.82) is 5.41 Å². The second-order valence-corrected chi connectivity index (χ2v) is 6.73. The zero-order valence-corrected chi connectivity index (χ0v) is 16.3. The SMILES string of the molecule is CC1CN(C(=N)CCC(F)(F)C(F)(F)C(F)(F)F)N=C1c1cccc(Cl)c1O.Cl. The average molecular weight is 470 g/mol. The van der Waals surface area contributed by atoms with E-state index in [1.165, 1.54) is 18.2 Å². The molecule has 1 heterocycles. The highest BCUT2D eigenvalue weighted by molar-refractivity contribution is 6.32. The molecular weight excluding hydrogens is 454 g/mol. The van der Waals surface area contributed by atoms with Gasteiger partial charge in [-0.1, -0.05) is 24.6 Å². The van der Waals surface area contributed by atoms with Gasteiger partial charge in [0.05, 0.1) is 17.3 Å². The molecule has 1 unspecified atom stereocenters. The van der Waals surface area contributed by atoms with E-state index in [2.05, 4.69) is 5.10 Å². The summed E-state index contributed by atoms with van der Waals surface area (Å²) in [6.07, 6.45) is -9.34. The molecule has 0 saturated carbocycles. The lowest BCUT2D eigenvalue weighted by molar-refractivity contribution is -0.355. The van der Waals surface area contributed by atoms with Crippen LogP contribution in [-0.2, 0) is 0 Å². The minimum absolute atomic E-state index is 0. The fraction of sp³-hybridized carbons (Fsp3) is 0.500. The number of hydrogen-bond donors (Lipinski definition) is 2. The Hall–Kier alpha value is -1.75. The van der Waals surface area contributed by atoms with Crippen LogP contribution in [0, 0.1) is 11.3 Å². The molecule has 164 valence electrons. The maximum absolute atomic E-state index is 13.4. The number of halogens is 9. The van der Waals surface area contributed by atoms with Crippen LogP contribution in [0.2, 0.25) is 5.02 Å². The van der Waals surface area contributed by atoms with Gasteiger partial charge in [-0.25, -0.2) is 0 Å². The average Bonchev–Trinajstić information content (AvgIpc) is 2.96. The number of hydrazone groups is 1. The molecule has 29 heavy (non-hydrogen) atoms. The van der Waals surface area contributed by atoms with Crippen LogP contribution < -0.4 is 0 Å². The Balaban J connectivity index is 0.00000420. The summed E-state index contributed by atoms with van der Waals surface area (Å²) < 4.78 is 89.2. The summed E-state index contributed by atoms with van der Waals surface area (Å²) in [7, 11) is 0. The predicted octanol–water partition coefficient (Wildman–Crippen LogP) is 5.71. The quantitative estimate of drug-likeness (QED) is 0.329. The smallest absolute Gasteiger partial charge is 0.459 e. The van der Waals surface area contributed by atoms with Crippen molar-refractivity contribution in [1.82, 2.24) is 5.01 Å². The first-order valence-corrected chi connectivity index (χ1v) is 8.30. The van der Waals surface area contributed by atoms with E-state index in [0.717, 1.165) is 5.01 Å². The molecule has 1 aliphatic rings. The number of nitrogens with one attached hydrogen (secondary N) is 1. The lowest BCUT2D eigenvalue weighted by Crippen LogP contribution is -2.52. The molecule has 0 amide bonds. The molecule has 0 radical (unpaired) electrons. The zero-order valence-electron chi connectivity index (χ0n) is 14.7. The third kappa shape index (κ3) is 4.88. The first-order chi connectivity index (χ1) is 12.7. The Kier molecular flexibility index (Phi) is 7.45. The third-order valence-electron chi connectivity index (χ3n) is 4.21. The Morgan fingerprint density at radius 3 is 2.38 bits per heavy atom. The summed E-state index contributed by atoms with van der Waals surface area (Å²) in [5.74, 6) is -12.9. The van der Waals surface area contributed by atoms with Crippen LogP contribution in [0.25, 0.3) is 0 Å². The molecular formula is C16H16Cl2F7N3O. The van der Waals surface area contributed by atoms with Crippen molar-refractivity contribution in [2.45, 2.75) is 37.8 Å². The molecule has 13 heteroatoms. The fourth-order valence-corrected chi connectivity index (χ4v) is 2.77. The highest BCUT2D eigenvalue weighted by atomic mass is 35.5. The summed E-state index contributed by atoms with van der Waals surface area (Å²) >= 11 is 5.81. The van der Waals surface area contributed by atoms with Gasteiger partial charge in [0.15, 0.2) is 0 Å². The van der Waals surface area contributed by atoms with E-state index in [9.17, 15) is 35.8 Å². The second kappa shape index (κ2) is 8.55. The molecule has 0 spiro atoms. The molecule has 0 aromatic heterocycles. The van der Waals surface area contributed by atoms with Gasteiger partial charge in [0, 0.05) is 24.3 Å². The minimum atomic E-state index is -6.41. The Labute approximate surface area is 172 Å². The summed E-state index contributed by atoms with van der Waals surface area (Å²) in [6, 6.07) is 4.44. The van der Waals surface area contributed by atoms with Gasteiger partial charge in [-0.3, -0.25) is 10.4 Å². The fourth-order valence-electron chi connectivity index (χ4n) is 2.60. The van der Waals surface area contributed by atoms with Gasteiger partial charge in [-0.15, -0.1) is 12.4 Å². The van der Waals surface area contributed by atoms with Crippen molar-refractivity contribution < 1.29 is 35.8 Å². The van der Waals surface area contributed by atoms with Crippen LogP contribution in [-0.4, -0.2) is 46.2 Å². The summed E-state index contributed by atoms with van der Waals surface area (Å²) in [4.78, 5) is 0. The highest BCUT2D eigenvalue weighted by Crippen LogP contribution is 2.48. The molecule has 0 fully saturated rings. The van der Waals surface area contributed by atoms with Crippen molar-refractivity contribution in [3.8, 4) is 5.75 Å². The van der Waals surface area contributed by atoms with Gasteiger partial charge in [-0.05, 0) is 12.1 Å². The van der Waals surface area contributed by atoms with E-state index in [4.69, 9.17) is 17.0 Å². The Morgan fingerprint density at radius 1 is 1.24 bits per heavy atom. The van der Waals surface area contributed by atoms with Crippen LogP contribution in [0.1, 0.15) is 25.3 Å². The van der Waals surface area contributed by atoms with E-state index in [1.54, 1.807) is 6.92 Å². The number of phenols is 1. The summed E-state index contributed by atoms with van der Waals surface area (Å²) in [5, 5.41) is 22.7. The molecule has 0 bridgehead atoms. The number of para-hydroxylation sites is 1. The lowest BCUT2D eigenvalue weighted by Gasteiger charge is -2.28. The highest BCUT2D eigenvalue weighted by Gasteiger charge is 2.72. The minimum Gasteiger partial charge on any atom is -0.506 e. The number of amidine groups is 1. The molecule has 4 nitrogen and oxygen atoms in total.